The van der Waals surface area contributed by atoms with E-state index in [9.17, 15) is 15.0 Å². The van der Waals surface area contributed by atoms with Crippen molar-refractivity contribution in [2.75, 3.05) is 11.4 Å². The molecule has 194 valence electrons. The van der Waals surface area contributed by atoms with Crippen LogP contribution < -0.4 is 4.90 Å². The maximum Gasteiger partial charge on any atom is 0.339 e. The fourth-order valence-corrected chi connectivity index (χ4v) is 5.13. The fraction of sp³-hybridized carbons (Fsp3) is 0.531. The summed E-state index contributed by atoms with van der Waals surface area (Å²) >= 11 is 0. The van der Waals surface area contributed by atoms with E-state index in [-0.39, 0.29) is 11.3 Å². The van der Waals surface area contributed by atoms with Crippen molar-refractivity contribution in [3.8, 4) is 17.6 Å². The highest BCUT2D eigenvalue weighted by atomic mass is 16.4. The van der Waals surface area contributed by atoms with Gasteiger partial charge in [0.2, 0.25) is 0 Å². The molecule has 0 unspecified atom stereocenters. The summed E-state index contributed by atoms with van der Waals surface area (Å²) in [5.41, 5.74) is 2.99. The zero-order valence-electron chi connectivity index (χ0n) is 22.0. The number of unbranched alkanes of at least 4 members (excludes halogenated alkanes) is 6. The van der Waals surface area contributed by atoms with Crippen LogP contribution in [0.5, 0.6) is 5.75 Å². The Balaban J connectivity index is 1.60. The highest BCUT2D eigenvalue weighted by Crippen LogP contribution is 2.30. The lowest BCUT2D eigenvalue weighted by molar-refractivity contribution is 0.0693. The average molecular weight is 490 g/mol. The van der Waals surface area contributed by atoms with Crippen LogP contribution in [0.4, 0.5) is 5.69 Å². The van der Waals surface area contributed by atoms with Crippen molar-refractivity contribution in [3.05, 3.63) is 59.2 Å². The second kappa shape index (κ2) is 15.2. The van der Waals surface area contributed by atoms with Crippen LogP contribution in [0.2, 0.25) is 0 Å². The Bertz CT molecular complexity index is 996. The van der Waals surface area contributed by atoms with Crippen LogP contribution in [0.25, 0.3) is 0 Å². The van der Waals surface area contributed by atoms with Crippen LogP contribution in [-0.2, 0) is 6.54 Å². The number of carboxylic acid groups (broad SMARTS) is 1. The number of nitrogens with zero attached hydrogens (tertiary/aromatic N) is 1. The van der Waals surface area contributed by atoms with E-state index < -0.39 is 5.97 Å². The van der Waals surface area contributed by atoms with Crippen molar-refractivity contribution >= 4 is 11.7 Å². The number of hydrogen-bond donors (Lipinski definition) is 2. The van der Waals surface area contributed by atoms with E-state index in [0.717, 1.165) is 36.6 Å². The smallest absolute Gasteiger partial charge is 0.339 e. The molecule has 1 saturated carbocycles. The number of carboxylic acids is 1. The molecule has 2 N–H and O–H groups in total. The van der Waals surface area contributed by atoms with E-state index in [1.54, 1.807) is 6.07 Å². The summed E-state index contributed by atoms with van der Waals surface area (Å²) in [5.74, 6) is 6.14. The van der Waals surface area contributed by atoms with Gasteiger partial charge >= 0.3 is 5.97 Å². The first-order valence-corrected chi connectivity index (χ1v) is 14.0. The lowest BCUT2D eigenvalue weighted by Gasteiger charge is -2.26. The molecule has 0 aliphatic heterocycles. The average Bonchev–Trinajstić information content (AvgIpc) is 3.40. The first-order valence-electron chi connectivity index (χ1n) is 14.0. The van der Waals surface area contributed by atoms with Crippen LogP contribution in [0.1, 0.15) is 112 Å². The van der Waals surface area contributed by atoms with Gasteiger partial charge in [0.15, 0.2) is 0 Å². The zero-order chi connectivity index (χ0) is 25.6. The Morgan fingerprint density at radius 1 is 0.972 bits per heavy atom. The van der Waals surface area contributed by atoms with Crippen LogP contribution in [-0.4, -0.2) is 22.7 Å². The van der Waals surface area contributed by atoms with Gasteiger partial charge in [0.05, 0.1) is 0 Å². The molecule has 1 fully saturated rings. The molecule has 1 aliphatic rings. The lowest BCUT2D eigenvalue weighted by atomic mass is 10.0. The van der Waals surface area contributed by atoms with Gasteiger partial charge in [-0.1, -0.05) is 88.7 Å². The molecule has 0 saturated heterocycles. The summed E-state index contributed by atoms with van der Waals surface area (Å²) in [4.78, 5) is 13.8. The summed E-state index contributed by atoms with van der Waals surface area (Å²) in [5, 5.41) is 19.4. The predicted molar refractivity (Wildman–Crippen MR) is 149 cm³/mol. The number of phenols is 1. The van der Waals surface area contributed by atoms with Crippen molar-refractivity contribution in [2.24, 2.45) is 5.92 Å². The number of benzene rings is 2. The van der Waals surface area contributed by atoms with E-state index in [1.165, 1.54) is 82.3 Å². The van der Waals surface area contributed by atoms with Gasteiger partial charge in [-0.15, -0.1) is 0 Å². The third-order valence-corrected chi connectivity index (χ3v) is 7.31. The Morgan fingerprint density at radius 3 is 2.42 bits per heavy atom. The topological polar surface area (TPSA) is 60.8 Å². The van der Waals surface area contributed by atoms with Gasteiger partial charge in [0, 0.05) is 30.8 Å². The minimum atomic E-state index is -1.11. The standard InChI is InChI=1S/C32H43NO3/c1-2-3-4-5-6-7-8-9-13-27-17-19-28(20-18-27)25-33(23-12-16-26-14-10-11-15-26)29-21-22-31(34)30(24-29)32(35)36/h17-22,24,26,34H,2-8,10-12,14-16,23,25H2,1H3,(H,35,36). The quantitative estimate of drug-likeness (QED) is 0.207. The van der Waals surface area contributed by atoms with Crippen LogP contribution in [0, 0.1) is 17.8 Å². The van der Waals surface area contributed by atoms with Crippen LogP contribution in [0.15, 0.2) is 42.5 Å². The minimum Gasteiger partial charge on any atom is -0.507 e. The lowest BCUT2D eigenvalue weighted by Crippen LogP contribution is -2.24. The molecule has 36 heavy (non-hydrogen) atoms. The highest BCUT2D eigenvalue weighted by Gasteiger charge is 2.17. The second-order valence-electron chi connectivity index (χ2n) is 10.2. The molecule has 0 heterocycles. The zero-order valence-corrected chi connectivity index (χ0v) is 22.0. The number of anilines is 1. The van der Waals surface area contributed by atoms with Crippen molar-refractivity contribution in [2.45, 2.75) is 96.9 Å². The number of hydrogen-bond acceptors (Lipinski definition) is 3. The van der Waals surface area contributed by atoms with E-state index in [2.05, 4.69) is 47.9 Å². The maximum absolute atomic E-state index is 11.6. The minimum absolute atomic E-state index is 0.0516. The molecular formula is C32H43NO3. The summed E-state index contributed by atoms with van der Waals surface area (Å²) in [7, 11) is 0. The van der Waals surface area contributed by atoms with E-state index in [1.807, 2.05) is 6.07 Å². The first-order chi connectivity index (χ1) is 17.6. The van der Waals surface area contributed by atoms with Gasteiger partial charge in [-0.2, -0.15) is 0 Å². The Morgan fingerprint density at radius 2 is 1.69 bits per heavy atom. The number of rotatable bonds is 14. The molecule has 0 aromatic heterocycles. The Hall–Kier alpha value is -2.93. The summed E-state index contributed by atoms with van der Waals surface area (Å²) in [6.45, 7) is 3.80. The fourth-order valence-electron chi connectivity index (χ4n) is 5.13. The van der Waals surface area contributed by atoms with Crippen LogP contribution >= 0.6 is 0 Å². The van der Waals surface area contributed by atoms with Gasteiger partial charge in [-0.25, -0.2) is 4.79 Å². The summed E-state index contributed by atoms with van der Waals surface area (Å²) in [6.07, 6.45) is 16.3. The SMILES string of the molecule is CCCCCCCCC#Cc1ccc(CN(CCCC2CCCC2)c2ccc(O)c(C(=O)O)c2)cc1. The number of aromatic hydroxyl groups is 1. The highest BCUT2D eigenvalue weighted by molar-refractivity contribution is 5.92. The van der Waals surface area contributed by atoms with Gasteiger partial charge in [0.1, 0.15) is 11.3 Å². The molecule has 3 rings (SSSR count). The van der Waals surface area contributed by atoms with E-state index in [4.69, 9.17) is 0 Å². The van der Waals surface area contributed by atoms with Crippen LogP contribution in [0.3, 0.4) is 0 Å². The molecule has 0 amide bonds. The maximum atomic E-state index is 11.6. The normalized spacial score (nSPS) is 13.4. The van der Waals surface area contributed by atoms with E-state index in [0.29, 0.717) is 6.54 Å². The number of aromatic carboxylic acids is 1. The third kappa shape index (κ3) is 9.26. The molecule has 2 aromatic carbocycles. The molecule has 0 bridgehead atoms. The molecule has 4 heteroatoms. The molecular weight excluding hydrogens is 446 g/mol. The van der Waals surface area contributed by atoms with Crippen molar-refractivity contribution in [1.29, 1.82) is 0 Å². The summed E-state index contributed by atoms with van der Waals surface area (Å²) < 4.78 is 0. The predicted octanol–water partition coefficient (Wildman–Crippen LogP) is 8.17. The molecule has 0 spiro atoms. The summed E-state index contributed by atoms with van der Waals surface area (Å²) in [6, 6.07) is 13.3. The monoisotopic (exact) mass is 489 g/mol. The van der Waals surface area contributed by atoms with Crippen molar-refractivity contribution < 1.29 is 15.0 Å². The number of carbonyl (C=O) groups is 1. The van der Waals surface area contributed by atoms with Gasteiger partial charge in [-0.3, -0.25) is 0 Å². The van der Waals surface area contributed by atoms with Crippen molar-refractivity contribution in [1.82, 2.24) is 0 Å². The Labute approximate surface area is 217 Å². The van der Waals surface area contributed by atoms with E-state index >= 15 is 0 Å². The largest absolute Gasteiger partial charge is 0.507 e. The molecule has 0 atom stereocenters. The van der Waals surface area contributed by atoms with Gasteiger partial charge in [0.25, 0.3) is 0 Å². The molecule has 1 aliphatic carbocycles. The van der Waals surface area contributed by atoms with Crippen molar-refractivity contribution in [3.63, 3.8) is 0 Å². The van der Waals surface area contributed by atoms with Gasteiger partial charge in [-0.05, 0) is 61.1 Å². The third-order valence-electron chi connectivity index (χ3n) is 7.31. The first kappa shape index (κ1) is 27.7. The Kier molecular flexibility index (Phi) is 11.7. The molecule has 4 nitrogen and oxygen atoms in total. The molecule has 2 aromatic rings. The molecule has 0 radical (unpaired) electrons. The van der Waals surface area contributed by atoms with Gasteiger partial charge < -0.3 is 15.1 Å². The second-order valence-corrected chi connectivity index (χ2v) is 10.2.